The molecule has 6 N–H and O–H groups in total. The summed E-state index contributed by atoms with van der Waals surface area (Å²) in [5.74, 6) is -5.00. The van der Waals surface area contributed by atoms with Crippen LogP contribution >= 0.6 is 0 Å². The van der Waals surface area contributed by atoms with E-state index < -0.39 is 107 Å². The van der Waals surface area contributed by atoms with Crippen LogP contribution in [0.1, 0.15) is 112 Å². The number of nitrogens with zero attached hydrogens (tertiary/aromatic N) is 1. The van der Waals surface area contributed by atoms with Gasteiger partial charge in [0.15, 0.2) is 0 Å². The summed E-state index contributed by atoms with van der Waals surface area (Å²) in [6, 6.07) is 10.0. The lowest BCUT2D eigenvalue weighted by Crippen LogP contribution is -2.63. The van der Waals surface area contributed by atoms with Crippen LogP contribution in [0.3, 0.4) is 0 Å². The summed E-state index contributed by atoms with van der Waals surface area (Å²) in [4.78, 5) is 109. The molecule has 0 saturated carbocycles. The summed E-state index contributed by atoms with van der Waals surface area (Å²) < 4.78 is 64.1. The van der Waals surface area contributed by atoms with E-state index >= 15 is 0 Å². The molecule has 1 saturated heterocycles. The Kier molecular flexibility index (Phi) is 21.7. The number of unbranched alkanes of at least 4 members (excludes halogenated alkanes) is 1. The van der Waals surface area contributed by atoms with Gasteiger partial charge in [-0.2, -0.15) is 13.2 Å². The fourth-order valence-corrected chi connectivity index (χ4v) is 7.46. The van der Waals surface area contributed by atoms with Crippen molar-refractivity contribution in [1.29, 1.82) is 0 Å². The first-order chi connectivity index (χ1) is 33.4. The van der Waals surface area contributed by atoms with Gasteiger partial charge in [-0.05, 0) is 106 Å². The molecule has 1 aliphatic rings. The Balaban J connectivity index is 1.94. The number of alkyl carbamates (subject to hydrolysis) is 3. The highest BCUT2D eigenvalue weighted by atomic mass is 19.4. The molecule has 0 radical (unpaired) electrons. The van der Waals surface area contributed by atoms with Crippen molar-refractivity contribution in [3.63, 3.8) is 0 Å². The molecule has 4 atom stereocenters. The summed E-state index contributed by atoms with van der Waals surface area (Å²) >= 11 is 0. The van der Waals surface area contributed by atoms with Gasteiger partial charge in [0, 0.05) is 32.5 Å². The van der Waals surface area contributed by atoms with Crippen molar-refractivity contribution in [2.45, 2.75) is 166 Å². The van der Waals surface area contributed by atoms with Crippen molar-refractivity contribution in [1.82, 2.24) is 36.8 Å². The molecule has 0 aromatic heterocycles. The normalized spacial score (nSPS) is 15.5. The van der Waals surface area contributed by atoms with E-state index in [2.05, 4.69) is 31.9 Å². The lowest BCUT2D eigenvalue weighted by molar-refractivity contribution is -0.154. The van der Waals surface area contributed by atoms with Gasteiger partial charge in [-0.25, -0.2) is 19.2 Å². The molecule has 1 aliphatic heterocycles. The molecule has 1 heterocycles. The van der Waals surface area contributed by atoms with Crippen LogP contribution in [0.4, 0.5) is 27.6 Å². The Labute approximate surface area is 419 Å². The largest absolute Gasteiger partial charge is 0.467 e. The number of rotatable bonds is 20. The highest BCUT2D eigenvalue weighted by Crippen LogP contribution is 2.27. The molecule has 19 nitrogen and oxygen atoms in total. The number of hydrogen-bond donors (Lipinski definition) is 6. The minimum atomic E-state index is -5.04. The highest BCUT2D eigenvalue weighted by molar-refractivity contribution is 5.96. The van der Waals surface area contributed by atoms with E-state index in [9.17, 15) is 51.5 Å². The van der Waals surface area contributed by atoms with Gasteiger partial charge in [-0.15, -0.1) is 0 Å². The lowest BCUT2D eigenvalue weighted by atomic mass is 9.87. The van der Waals surface area contributed by atoms with Gasteiger partial charge < -0.3 is 55.7 Å². The monoisotopic (exact) mass is 1020 g/mol. The Morgan fingerprint density at radius 1 is 0.583 bits per heavy atom. The average molecular weight is 1020 g/mol. The number of hydrogen-bond acceptors (Lipinski definition) is 12. The second kappa shape index (κ2) is 26.2. The van der Waals surface area contributed by atoms with Gasteiger partial charge in [0.1, 0.15) is 46.5 Å². The number of halogens is 3. The van der Waals surface area contributed by atoms with E-state index in [1.807, 2.05) is 0 Å². The second-order valence-electron chi connectivity index (χ2n) is 20.5. The number of carbonyl (C=O) groups is 8. The summed E-state index contributed by atoms with van der Waals surface area (Å²) in [6.45, 7) is 14.5. The predicted octanol–water partition coefficient (Wildman–Crippen LogP) is 5.53. The van der Waals surface area contributed by atoms with Crippen LogP contribution in [0.2, 0.25) is 0 Å². The molecular weight excluding hydrogens is 948 g/mol. The van der Waals surface area contributed by atoms with E-state index in [0.29, 0.717) is 11.1 Å². The van der Waals surface area contributed by atoms with Gasteiger partial charge in [0.25, 0.3) is 0 Å². The molecule has 2 aromatic rings. The molecule has 7 amide bonds. The molecule has 1 unspecified atom stereocenters. The molecule has 22 heteroatoms. The van der Waals surface area contributed by atoms with Crippen LogP contribution in [0.25, 0.3) is 0 Å². The zero-order chi connectivity index (χ0) is 54.1. The number of carbonyl (C=O) groups excluding carboxylic acids is 8. The second-order valence-corrected chi connectivity index (χ2v) is 20.5. The van der Waals surface area contributed by atoms with Crippen molar-refractivity contribution in [2.24, 2.45) is 0 Å². The Bertz CT molecular complexity index is 2150. The van der Waals surface area contributed by atoms with Gasteiger partial charge in [-0.3, -0.25) is 19.2 Å². The maximum absolute atomic E-state index is 14.4. The third-order valence-corrected chi connectivity index (χ3v) is 10.7. The maximum Gasteiger partial charge on any atom is 0.408 e. The zero-order valence-corrected chi connectivity index (χ0v) is 42.8. The number of piperidine rings is 1. The van der Waals surface area contributed by atoms with E-state index in [1.54, 1.807) is 123 Å². The molecule has 0 spiro atoms. The van der Waals surface area contributed by atoms with Crippen LogP contribution in [0.5, 0.6) is 0 Å². The van der Waals surface area contributed by atoms with Crippen molar-refractivity contribution < 1.29 is 70.5 Å². The molecular formula is C50H72F3N7O12. The van der Waals surface area contributed by atoms with E-state index in [0.717, 1.165) is 7.11 Å². The molecule has 0 bridgehead atoms. The van der Waals surface area contributed by atoms with Crippen LogP contribution < -0.4 is 31.9 Å². The molecule has 72 heavy (non-hydrogen) atoms. The maximum atomic E-state index is 14.4. The first kappa shape index (κ1) is 59.7. The highest BCUT2D eigenvalue weighted by Gasteiger charge is 2.47. The van der Waals surface area contributed by atoms with Crippen molar-refractivity contribution in [2.75, 3.05) is 26.7 Å². The fourth-order valence-electron chi connectivity index (χ4n) is 7.46. The SMILES string of the molecule is COC(=O)C1(NC(=O)OC(C)(C)C)CCN(C(=O)[C@@H](CCCCNC(=O)OC(C)(C)C)NC(=O)C(CC(F)(F)F)NC(=O)[C@@H](Cc2ccccc2)NC(=O)[C@@H](Cc2ccccc2)NC(=O)OC(C)(C)C)CC1. The minimum Gasteiger partial charge on any atom is -0.467 e. The first-order valence-electron chi connectivity index (χ1n) is 23.8. The zero-order valence-electron chi connectivity index (χ0n) is 42.8. The Hall–Kier alpha value is -6.61. The molecule has 2 aromatic carbocycles. The number of esters is 1. The molecule has 3 rings (SSSR count). The quantitative estimate of drug-likeness (QED) is 0.0545. The van der Waals surface area contributed by atoms with Gasteiger partial charge >= 0.3 is 30.4 Å². The summed E-state index contributed by atoms with van der Waals surface area (Å²) in [5.41, 5.74) is -3.16. The van der Waals surface area contributed by atoms with Crippen molar-refractivity contribution in [3.8, 4) is 0 Å². The van der Waals surface area contributed by atoms with Crippen molar-refractivity contribution in [3.05, 3.63) is 71.8 Å². The Morgan fingerprint density at radius 2 is 1.01 bits per heavy atom. The Morgan fingerprint density at radius 3 is 1.49 bits per heavy atom. The number of amides is 7. The van der Waals surface area contributed by atoms with Gasteiger partial charge in [0.05, 0.1) is 13.5 Å². The van der Waals surface area contributed by atoms with E-state index in [4.69, 9.17) is 18.9 Å². The number of methoxy groups -OCH3 is 1. The minimum absolute atomic E-state index is 0.0713. The predicted molar refractivity (Wildman–Crippen MR) is 258 cm³/mol. The van der Waals surface area contributed by atoms with E-state index in [1.165, 1.54) is 4.90 Å². The topological polar surface area (TPSA) is 249 Å². The lowest BCUT2D eigenvalue weighted by Gasteiger charge is -2.41. The summed E-state index contributed by atoms with van der Waals surface area (Å²) in [7, 11) is 1.13. The van der Waals surface area contributed by atoms with Crippen LogP contribution in [0, 0.1) is 0 Å². The first-order valence-corrected chi connectivity index (χ1v) is 23.8. The standard InChI is InChI=1S/C50H72F3N7O12/c1-46(2,3)70-43(66)54-26-18-17-23-34(41(64)60-27-24-49(25-28-60,42(65)69-10)59-45(68)72-48(7,8)9)55-40(63)37(31-50(51,52)53)57-38(61)35(29-32-19-13-11-14-20-32)56-39(62)36(30-33-21-15-12-16-22-33)58-44(67)71-47(4,5)6/h11-16,19-22,34-37H,17-18,23-31H2,1-10H3,(H,54,66)(H,55,63)(H,56,62)(H,57,61)(H,58,67)(H,59,68)/t34-,35-,36-,37?/m1/s1. The van der Waals surface area contributed by atoms with Gasteiger partial charge in [-0.1, -0.05) is 60.7 Å². The smallest absolute Gasteiger partial charge is 0.408 e. The number of ether oxygens (including phenoxy) is 4. The van der Waals surface area contributed by atoms with Crippen LogP contribution in [0.15, 0.2) is 60.7 Å². The number of nitrogens with one attached hydrogen (secondary N) is 6. The summed E-state index contributed by atoms with van der Waals surface area (Å²) in [6.07, 6.45) is -9.89. The number of likely N-dealkylation sites (tertiary alicyclic amines) is 1. The van der Waals surface area contributed by atoms with Crippen molar-refractivity contribution >= 4 is 47.9 Å². The summed E-state index contributed by atoms with van der Waals surface area (Å²) in [5, 5.41) is 14.8. The fraction of sp³-hybridized carbons (Fsp3) is 0.600. The van der Waals surface area contributed by atoms with Gasteiger partial charge in [0.2, 0.25) is 23.6 Å². The molecule has 1 fully saturated rings. The third-order valence-electron chi connectivity index (χ3n) is 10.7. The van der Waals surface area contributed by atoms with Crippen LogP contribution in [-0.4, -0.2) is 132 Å². The molecule has 0 aliphatic carbocycles. The average Bonchev–Trinajstić information content (AvgIpc) is 3.25. The third kappa shape index (κ3) is 21.8. The molecule has 400 valence electrons. The number of alkyl halides is 3. The number of benzene rings is 2. The van der Waals surface area contributed by atoms with Crippen LogP contribution in [-0.2, 0) is 55.8 Å². The van der Waals surface area contributed by atoms with E-state index in [-0.39, 0.29) is 64.6 Å².